The first-order valence-electron chi connectivity index (χ1n) is 9.63. The van der Waals surface area contributed by atoms with Crippen LogP contribution in [0.3, 0.4) is 0 Å². The number of rotatable bonds is 7. The molecule has 1 atom stereocenters. The van der Waals surface area contributed by atoms with E-state index in [1.807, 2.05) is 55.5 Å². The molecule has 2 aromatic carbocycles. The number of ether oxygens (including phenoxy) is 2. The Labute approximate surface area is 186 Å². The van der Waals surface area contributed by atoms with Gasteiger partial charge in [0.2, 0.25) is 0 Å². The van der Waals surface area contributed by atoms with Crippen LogP contribution in [-0.2, 0) is 16.7 Å². The summed E-state index contributed by atoms with van der Waals surface area (Å²) < 4.78 is 10.4. The molecule has 0 saturated carbocycles. The lowest BCUT2D eigenvalue weighted by atomic mass is 9.84. The number of nitrogens with zero attached hydrogens (tertiary/aromatic N) is 2. The number of methoxy groups -OCH3 is 2. The maximum atomic E-state index is 12.7. The average molecular weight is 438 g/mol. The van der Waals surface area contributed by atoms with Crippen LogP contribution >= 0.6 is 11.6 Å². The molecule has 0 aliphatic carbocycles. The lowest BCUT2D eigenvalue weighted by Gasteiger charge is -2.27. The van der Waals surface area contributed by atoms with Gasteiger partial charge >= 0.3 is 0 Å². The van der Waals surface area contributed by atoms with Gasteiger partial charge in [-0.05, 0) is 47.9 Å². The summed E-state index contributed by atoms with van der Waals surface area (Å²) in [7, 11) is 3.09. The SMILES string of the molecule is COC(N)=NC(C)(c1ccc(OC)cc1)c1cccc(CC(=O)c2ccc(Cl)cn2)c1. The molecule has 1 aromatic heterocycles. The molecule has 6 nitrogen and oxygen atoms in total. The number of benzene rings is 2. The summed E-state index contributed by atoms with van der Waals surface area (Å²) in [6.07, 6.45) is 1.67. The highest BCUT2D eigenvalue weighted by molar-refractivity contribution is 6.30. The molecule has 31 heavy (non-hydrogen) atoms. The molecule has 0 saturated heterocycles. The van der Waals surface area contributed by atoms with Crippen LogP contribution < -0.4 is 10.5 Å². The minimum atomic E-state index is -0.829. The molecular weight excluding hydrogens is 414 g/mol. The Balaban J connectivity index is 1.98. The van der Waals surface area contributed by atoms with E-state index in [2.05, 4.69) is 9.98 Å². The molecule has 0 aliphatic heterocycles. The number of halogens is 1. The zero-order valence-corrected chi connectivity index (χ0v) is 18.4. The normalized spacial score (nSPS) is 13.4. The van der Waals surface area contributed by atoms with Crippen molar-refractivity contribution in [2.75, 3.05) is 14.2 Å². The van der Waals surface area contributed by atoms with Crippen LogP contribution in [0.1, 0.15) is 34.1 Å². The van der Waals surface area contributed by atoms with Crippen molar-refractivity contribution < 1.29 is 14.3 Å². The summed E-state index contributed by atoms with van der Waals surface area (Å²) in [5.41, 5.74) is 8.07. The number of ketones is 1. The Hall–Kier alpha value is -3.38. The first kappa shape index (κ1) is 22.3. The Morgan fingerprint density at radius 3 is 2.45 bits per heavy atom. The Morgan fingerprint density at radius 2 is 1.84 bits per heavy atom. The summed E-state index contributed by atoms with van der Waals surface area (Å²) >= 11 is 5.86. The smallest absolute Gasteiger partial charge is 0.282 e. The van der Waals surface area contributed by atoms with E-state index in [9.17, 15) is 4.79 Å². The minimum Gasteiger partial charge on any atom is -0.497 e. The Bertz CT molecular complexity index is 1080. The van der Waals surface area contributed by atoms with Gasteiger partial charge in [-0.1, -0.05) is 48.0 Å². The molecule has 160 valence electrons. The zero-order valence-electron chi connectivity index (χ0n) is 17.6. The monoisotopic (exact) mass is 437 g/mol. The van der Waals surface area contributed by atoms with Gasteiger partial charge in [0.1, 0.15) is 17.0 Å². The zero-order chi connectivity index (χ0) is 22.4. The number of carbonyl (C=O) groups is 1. The third-order valence-electron chi connectivity index (χ3n) is 5.06. The maximum Gasteiger partial charge on any atom is 0.282 e. The number of nitrogens with two attached hydrogens (primary N) is 1. The fourth-order valence-electron chi connectivity index (χ4n) is 3.28. The van der Waals surface area contributed by atoms with Crippen molar-refractivity contribution in [2.24, 2.45) is 10.7 Å². The van der Waals surface area contributed by atoms with Crippen molar-refractivity contribution in [3.63, 3.8) is 0 Å². The second-order valence-corrected chi connectivity index (χ2v) is 7.55. The number of pyridine rings is 1. The highest BCUT2D eigenvalue weighted by Gasteiger charge is 2.30. The van der Waals surface area contributed by atoms with Crippen molar-refractivity contribution in [1.29, 1.82) is 0 Å². The number of Topliss-reactive ketones (excluding diaryl/α,β-unsaturated/α-hetero) is 1. The highest BCUT2D eigenvalue weighted by Crippen LogP contribution is 2.35. The number of amidine groups is 1. The number of hydrogen-bond acceptors (Lipinski definition) is 5. The van der Waals surface area contributed by atoms with Crippen molar-refractivity contribution >= 4 is 23.4 Å². The largest absolute Gasteiger partial charge is 0.497 e. The van der Waals surface area contributed by atoms with Gasteiger partial charge in [-0.3, -0.25) is 9.78 Å². The van der Waals surface area contributed by atoms with E-state index >= 15 is 0 Å². The number of aliphatic imine (C=N–C) groups is 1. The summed E-state index contributed by atoms with van der Waals surface area (Å²) in [4.78, 5) is 21.4. The van der Waals surface area contributed by atoms with Crippen LogP contribution in [0.5, 0.6) is 5.75 Å². The molecule has 0 amide bonds. The highest BCUT2D eigenvalue weighted by atomic mass is 35.5. The van der Waals surface area contributed by atoms with Crippen LogP contribution in [0.25, 0.3) is 0 Å². The average Bonchev–Trinajstić information content (AvgIpc) is 2.79. The molecule has 1 unspecified atom stereocenters. The maximum absolute atomic E-state index is 12.7. The number of hydrogen-bond donors (Lipinski definition) is 1. The van der Waals surface area contributed by atoms with Crippen LogP contribution in [0.4, 0.5) is 0 Å². The van der Waals surface area contributed by atoms with E-state index in [0.29, 0.717) is 10.7 Å². The summed E-state index contributed by atoms with van der Waals surface area (Å²) in [6.45, 7) is 1.95. The molecule has 0 radical (unpaired) electrons. The van der Waals surface area contributed by atoms with Gasteiger partial charge in [0, 0.05) is 12.6 Å². The van der Waals surface area contributed by atoms with Gasteiger partial charge in [-0.25, -0.2) is 4.99 Å². The molecule has 0 aliphatic rings. The standard InChI is InChI=1S/C24H24ClN3O3/c1-24(28-23(26)31-3,17-7-10-20(30-2)11-8-17)18-6-4-5-16(13-18)14-22(29)21-12-9-19(25)15-27-21/h4-13,15H,14H2,1-3H3,(H2,26,28). The molecule has 2 N–H and O–H groups in total. The number of aromatic nitrogens is 1. The predicted molar refractivity (Wildman–Crippen MR) is 122 cm³/mol. The minimum absolute atomic E-state index is 0.0603. The van der Waals surface area contributed by atoms with Crippen molar-refractivity contribution in [1.82, 2.24) is 4.98 Å². The van der Waals surface area contributed by atoms with Crippen molar-refractivity contribution in [3.05, 3.63) is 94.3 Å². The van der Waals surface area contributed by atoms with E-state index in [1.54, 1.807) is 19.2 Å². The van der Waals surface area contributed by atoms with Crippen molar-refractivity contribution in [3.8, 4) is 5.75 Å². The van der Waals surface area contributed by atoms with Gasteiger partial charge < -0.3 is 15.2 Å². The van der Waals surface area contributed by atoms with Gasteiger partial charge in [-0.2, -0.15) is 0 Å². The van der Waals surface area contributed by atoms with Crippen LogP contribution in [0, 0.1) is 0 Å². The third-order valence-corrected chi connectivity index (χ3v) is 5.29. The van der Waals surface area contributed by atoms with Gasteiger partial charge in [0.15, 0.2) is 5.78 Å². The molecule has 1 heterocycles. The first-order chi connectivity index (χ1) is 14.9. The van der Waals surface area contributed by atoms with E-state index in [0.717, 1.165) is 22.4 Å². The Kier molecular flexibility index (Phi) is 6.92. The second-order valence-electron chi connectivity index (χ2n) is 7.12. The molecule has 3 aromatic rings. The lowest BCUT2D eigenvalue weighted by Crippen LogP contribution is -2.27. The second kappa shape index (κ2) is 9.62. The van der Waals surface area contributed by atoms with E-state index in [4.69, 9.17) is 26.8 Å². The Morgan fingerprint density at radius 1 is 1.10 bits per heavy atom. The third kappa shape index (κ3) is 5.22. The van der Waals surface area contributed by atoms with Gasteiger partial charge in [-0.15, -0.1) is 0 Å². The fraction of sp³-hybridized carbons (Fsp3) is 0.208. The topological polar surface area (TPSA) is 86.8 Å². The fourth-order valence-corrected chi connectivity index (χ4v) is 3.39. The van der Waals surface area contributed by atoms with E-state index in [-0.39, 0.29) is 18.2 Å². The quantitative estimate of drug-likeness (QED) is 0.336. The van der Waals surface area contributed by atoms with Crippen molar-refractivity contribution in [2.45, 2.75) is 18.9 Å². The van der Waals surface area contributed by atoms with Crippen LogP contribution in [0.2, 0.25) is 5.02 Å². The summed E-state index contributed by atoms with van der Waals surface area (Å²) in [5.74, 6) is 0.643. The summed E-state index contributed by atoms with van der Waals surface area (Å²) in [6, 6.07) is 18.6. The number of carbonyl (C=O) groups excluding carboxylic acids is 1. The van der Waals surface area contributed by atoms with E-state index in [1.165, 1.54) is 13.3 Å². The molecule has 0 fully saturated rings. The molecule has 0 spiro atoms. The lowest BCUT2D eigenvalue weighted by molar-refractivity contribution is 0.0988. The van der Waals surface area contributed by atoms with Gasteiger partial charge in [0.25, 0.3) is 6.02 Å². The van der Waals surface area contributed by atoms with Crippen LogP contribution in [0.15, 0.2) is 71.9 Å². The van der Waals surface area contributed by atoms with Crippen LogP contribution in [-0.4, -0.2) is 31.0 Å². The molecule has 7 heteroatoms. The summed E-state index contributed by atoms with van der Waals surface area (Å²) in [5, 5.41) is 0.488. The molecule has 3 rings (SSSR count). The molecular formula is C24H24ClN3O3. The van der Waals surface area contributed by atoms with Gasteiger partial charge in [0.05, 0.1) is 19.2 Å². The van der Waals surface area contributed by atoms with E-state index < -0.39 is 5.54 Å². The molecule has 0 bridgehead atoms. The first-order valence-corrected chi connectivity index (χ1v) is 10.0. The predicted octanol–water partition coefficient (Wildman–Crippen LogP) is 4.39.